The molecule has 0 aliphatic heterocycles. The molecule has 1 aliphatic carbocycles. The fourth-order valence-electron chi connectivity index (χ4n) is 1.46. The fraction of sp³-hybridized carbons (Fsp3) is 0.333. The van der Waals surface area contributed by atoms with Gasteiger partial charge in [0.1, 0.15) is 5.82 Å². The summed E-state index contributed by atoms with van der Waals surface area (Å²) in [4.78, 5) is 0. The van der Waals surface area contributed by atoms with Crippen LogP contribution in [0, 0.1) is 5.82 Å². The van der Waals surface area contributed by atoms with Crippen LogP contribution in [0.5, 0.6) is 0 Å². The Morgan fingerprint density at radius 1 is 1.36 bits per heavy atom. The highest BCUT2D eigenvalue weighted by atomic mass is 19.1. The molecule has 0 radical (unpaired) electrons. The molecule has 0 saturated heterocycles. The molecule has 0 aromatic heterocycles. The van der Waals surface area contributed by atoms with E-state index in [0.29, 0.717) is 11.6 Å². The highest BCUT2D eigenvalue weighted by Gasteiger charge is 2.27. The lowest BCUT2D eigenvalue weighted by Gasteiger charge is -2.04. The lowest BCUT2D eigenvalue weighted by Crippen LogP contribution is -1.93. The zero-order valence-electron chi connectivity index (χ0n) is 7.57. The van der Waals surface area contributed by atoms with Crippen LogP contribution in [0.2, 0.25) is 0 Å². The number of rotatable bonds is 2. The summed E-state index contributed by atoms with van der Waals surface area (Å²) in [5.74, 6) is 4.96. The molecule has 4 N–H and O–H groups in total. The SMILES string of the molecule is NN=Nc1cc(N)c(F)cc1C1CC1. The zero-order chi connectivity index (χ0) is 10.1. The summed E-state index contributed by atoms with van der Waals surface area (Å²) in [6.07, 6.45) is 2.13. The van der Waals surface area contributed by atoms with Crippen LogP contribution in [-0.2, 0) is 0 Å². The van der Waals surface area contributed by atoms with Gasteiger partial charge in [0.2, 0.25) is 0 Å². The second-order valence-corrected chi connectivity index (χ2v) is 3.42. The first-order valence-electron chi connectivity index (χ1n) is 4.42. The summed E-state index contributed by atoms with van der Waals surface area (Å²) in [5, 5.41) is 6.92. The molecule has 0 heterocycles. The van der Waals surface area contributed by atoms with E-state index in [4.69, 9.17) is 11.6 Å². The standard InChI is InChI=1S/C9H11FN4/c10-7-3-6(5-1-2-5)9(13-14-12)4-8(7)11/h3-5H,1-2,11H2,(H2,12,13). The van der Waals surface area contributed by atoms with E-state index >= 15 is 0 Å². The Morgan fingerprint density at radius 2 is 2.07 bits per heavy atom. The second-order valence-electron chi connectivity index (χ2n) is 3.42. The van der Waals surface area contributed by atoms with Gasteiger partial charge in [-0.3, -0.25) is 0 Å². The first-order valence-corrected chi connectivity index (χ1v) is 4.42. The predicted octanol–water partition coefficient (Wildman–Crippen LogP) is 2.24. The van der Waals surface area contributed by atoms with Crippen molar-refractivity contribution in [1.29, 1.82) is 0 Å². The largest absolute Gasteiger partial charge is 0.396 e. The molecule has 5 heteroatoms. The Morgan fingerprint density at radius 3 is 2.64 bits per heavy atom. The van der Waals surface area contributed by atoms with Gasteiger partial charge in [-0.15, -0.1) is 5.11 Å². The molecular weight excluding hydrogens is 183 g/mol. The maximum Gasteiger partial charge on any atom is 0.146 e. The van der Waals surface area contributed by atoms with Crippen molar-refractivity contribution >= 4 is 11.4 Å². The Hall–Kier alpha value is -1.65. The molecule has 0 unspecified atom stereocenters. The van der Waals surface area contributed by atoms with Crippen molar-refractivity contribution in [2.24, 2.45) is 16.2 Å². The van der Waals surface area contributed by atoms with Crippen molar-refractivity contribution in [3.63, 3.8) is 0 Å². The van der Waals surface area contributed by atoms with Crippen LogP contribution >= 0.6 is 0 Å². The zero-order valence-corrected chi connectivity index (χ0v) is 7.57. The summed E-state index contributed by atoms with van der Waals surface area (Å²) < 4.78 is 13.2. The minimum Gasteiger partial charge on any atom is -0.396 e. The number of halogens is 1. The lowest BCUT2D eigenvalue weighted by atomic mass is 10.1. The van der Waals surface area contributed by atoms with Gasteiger partial charge in [-0.25, -0.2) is 4.39 Å². The van der Waals surface area contributed by atoms with E-state index in [2.05, 4.69) is 10.3 Å². The highest BCUT2D eigenvalue weighted by Crippen LogP contribution is 2.45. The van der Waals surface area contributed by atoms with Crippen molar-refractivity contribution in [1.82, 2.24) is 0 Å². The predicted molar refractivity (Wildman–Crippen MR) is 51.5 cm³/mol. The van der Waals surface area contributed by atoms with Gasteiger partial charge in [0.15, 0.2) is 0 Å². The third kappa shape index (κ3) is 1.53. The average Bonchev–Trinajstić information content (AvgIpc) is 2.94. The monoisotopic (exact) mass is 194 g/mol. The summed E-state index contributed by atoms with van der Waals surface area (Å²) in [7, 11) is 0. The van der Waals surface area contributed by atoms with Crippen LogP contribution in [0.3, 0.4) is 0 Å². The Bertz CT molecular complexity index is 385. The van der Waals surface area contributed by atoms with E-state index in [-0.39, 0.29) is 5.69 Å². The fourth-order valence-corrected chi connectivity index (χ4v) is 1.46. The molecule has 0 atom stereocenters. The molecule has 1 fully saturated rings. The maximum absolute atomic E-state index is 13.2. The van der Waals surface area contributed by atoms with Crippen LogP contribution < -0.4 is 11.6 Å². The number of nitrogen functional groups attached to an aromatic ring is 1. The van der Waals surface area contributed by atoms with Gasteiger partial charge >= 0.3 is 0 Å². The normalized spacial score (nSPS) is 16.4. The van der Waals surface area contributed by atoms with Crippen molar-refractivity contribution in [3.05, 3.63) is 23.5 Å². The molecule has 1 aromatic carbocycles. The number of benzene rings is 1. The van der Waals surface area contributed by atoms with Crippen molar-refractivity contribution in [2.75, 3.05) is 5.73 Å². The van der Waals surface area contributed by atoms with Gasteiger partial charge in [0.05, 0.1) is 11.4 Å². The molecule has 1 saturated carbocycles. The lowest BCUT2D eigenvalue weighted by molar-refractivity contribution is 0.630. The van der Waals surface area contributed by atoms with Crippen molar-refractivity contribution in [3.8, 4) is 0 Å². The summed E-state index contributed by atoms with van der Waals surface area (Å²) >= 11 is 0. The van der Waals surface area contributed by atoms with E-state index < -0.39 is 5.82 Å². The number of hydrogen-bond acceptors (Lipinski definition) is 3. The molecular formula is C9H11FN4. The molecule has 1 aromatic rings. The first kappa shape index (κ1) is 8.93. The Balaban J connectivity index is 2.48. The minimum absolute atomic E-state index is 0.0804. The molecule has 0 bridgehead atoms. The van der Waals surface area contributed by atoms with Gasteiger partial charge < -0.3 is 11.6 Å². The molecule has 2 rings (SSSR count). The minimum atomic E-state index is -0.400. The van der Waals surface area contributed by atoms with Gasteiger partial charge in [-0.05, 0) is 36.5 Å². The number of nitrogens with zero attached hydrogens (tertiary/aromatic N) is 2. The smallest absolute Gasteiger partial charge is 0.146 e. The molecule has 4 nitrogen and oxygen atoms in total. The van der Waals surface area contributed by atoms with Crippen LogP contribution in [0.4, 0.5) is 15.8 Å². The second kappa shape index (κ2) is 3.25. The number of anilines is 1. The Labute approximate surface area is 80.8 Å². The van der Waals surface area contributed by atoms with Crippen LogP contribution in [-0.4, -0.2) is 0 Å². The van der Waals surface area contributed by atoms with E-state index in [1.807, 2.05) is 0 Å². The van der Waals surface area contributed by atoms with E-state index in [9.17, 15) is 4.39 Å². The molecule has 1 aliphatic rings. The molecule has 0 spiro atoms. The third-order valence-electron chi connectivity index (χ3n) is 2.33. The highest BCUT2D eigenvalue weighted by molar-refractivity contribution is 5.58. The maximum atomic E-state index is 13.2. The van der Waals surface area contributed by atoms with Gasteiger partial charge in [0, 0.05) is 0 Å². The van der Waals surface area contributed by atoms with Crippen LogP contribution in [0.15, 0.2) is 22.5 Å². The van der Waals surface area contributed by atoms with Crippen LogP contribution in [0.1, 0.15) is 24.3 Å². The van der Waals surface area contributed by atoms with Crippen LogP contribution in [0.25, 0.3) is 0 Å². The average molecular weight is 194 g/mol. The number of nitrogens with two attached hydrogens (primary N) is 2. The summed E-state index contributed by atoms with van der Waals surface area (Å²) in [6.45, 7) is 0. The van der Waals surface area contributed by atoms with E-state index in [1.54, 1.807) is 0 Å². The van der Waals surface area contributed by atoms with Crippen molar-refractivity contribution < 1.29 is 4.39 Å². The third-order valence-corrected chi connectivity index (χ3v) is 2.33. The quantitative estimate of drug-likeness (QED) is 0.328. The molecule has 0 amide bonds. The van der Waals surface area contributed by atoms with Gasteiger partial charge in [-0.1, -0.05) is 5.22 Å². The summed E-state index contributed by atoms with van der Waals surface area (Å²) in [6, 6.07) is 2.90. The van der Waals surface area contributed by atoms with Gasteiger partial charge in [-0.2, -0.15) is 0 Å². The van der Waals surface area contributed by atoms with Gasteiger partial charge in [0.25, 0.3) is 0 Å². The molecule has 14 heavy (non-hydrogen) atoms. The number of hydrogen-bond donors (Lipinski definition) is 2. The van der Waals surface area contributed by atoms with Crippen molar-refractivity contribution in [2.45, 2.75) is 18.8 Å². The first-order chi connectivity index (χ1) is 6.72. The summed E-state index contributed by atoms with van der Waals surface area (Å²) in [5.41, 5.74) is 6.93. The Kier molecular flexibility index (Phi) is 2.07. The van der Waals surface area contributed by atoms with E-state index in [0.717, 1.165) is 18.4 Å². The topological polar surface area (TPSA) is 76.8 Å². The molecule has 74 valence electrons. The van der Waals surface area contributed by atoms with E-state index in [1.165, 1.54) is 12.1 Å².